The van der Waals surface area contributed by atoms with Crippen molar-refractivity contribution in [1.29, 1.82) is 0 Å². The minimum atomic E-state index is -0.182. The fraction of sp³-hybridized carbons (Fsp3) is 0.286. The highest BCUT2D eigenvalue weighted by Crippen LogP contribution is 2.20. The van der Waals surface area contributed by atoms with E-state index in [4.69, 9.17) is 16.3 Å². The van der Waals surface area contributed by atoms with E-state index in [1.165, 1.54) is 0 Å². The van der Waals surface area contributed by atoms with Gasteiger partial charge in [0.05, 0.1) is 6.20 Å². The van der Waals surface area contributed by atoms with Gasteiger partial charge in [-0.25, -0.2) is 0 Å². The van der Waals surface area contributed by atoms with Gasteiger partial charge in [0.2, 0.25) is 0 Å². The number of aromatic amines is 1. The Morgan fingerprint density at radius 2 is 2.25 bits per heavy atom. The molecule has 2 aromatic rings. The van der Waals surface area contributed by atoms with Crippen LogP contribution in [0.25, 0.3) is 0 Å². The van der Waals surface area contributed by atoms with Crippen molar-refractivity contribution in [1.82, 2.24) is 15.5 Å². The molecule has 20 heavy (non-hydrogen) atoms. The Bertz CT molecular complexity index is 610. The molecule has 5 nitrogen and oxygen atoms in total. The Kier molecular flexibility index (Phi) is 4.63. The first-order chi connectivity index (χ1) is 9.56. The van der Waals surface area contributed by atoms with Gasteiger partial charge in [-0.1, -0.05) is 11.6 Å². The van der Waals surface area contributed by atoms with E-state index in [1.807, 2.05) is 13.8 Å². The number of hydrogen-bond acceptors (Lipinski definition) is 3. The van der Waals surface area contributed by atoms with Crippen LogP contribution < -0.4 is 10.1 Å². The number of hydrogen-bond donors (Lipinski definition) is 2. The molecule has 0 aliphatic rings. The zero-order valence-corrected chi connectivity index (χ0v) is 12.1. The summed E-state index contributed by atoms with van der Waals surface area (Å²) in [4.78, 5) is 11.7. The van der Waals surface area contributed by atoms with Crippen molar-refractivity contribution < 1.29 is 9.53 Å². The molecule has 0 saturated carbocycles. The number of aryl methyl sites for hydroxylation is 2. The molecule has 6 heteroatoms. The molecule has 1 aromatic carbocycles. The van der Waals surface area contributed by atoms with Crippen molar-refractivity contribution >= 4 is 17.5 Å². The average molecular weight is 294 g/mol. The molecule has 1 aromatic heterocycles. The number of nitrogens with zero attached hydrogens (tertiary/aromatic N) is 1. The second-order valence-corrected chi connectivity index (χ2v) is 4.90. The second-order valence-electron chi connectivity index (χ2n) is 4.50. The fourth-order valence-corrected chi connectivity index (χ4v) is 1.77. The molecule has 0 radical (unpaired) electrons. The van der Waals surface area contributed by atoms with Gasteiger partial charge in [0.15, 0.2) is 6.61 Å². The Morgan fingerprint density at radius 3 is 2.90 bits per heavy atom. The van der Waals surface area contributed by atoms with Gasteiger partial charge in [-0.05, 0) is 37.6 Å². The minimum absolute atomic E-state index is 0.0298. The lowest BCUT2D eigenvalue weighted by Gasteiger charge is -2.08. The summed E-state index contributed by atoms with van der Waals surface area (Å²) in [5.74, 6) is 0.444. The van der Waals surface area contributed by atoms with Gasteiger partial charge in [0, 0.05) is 22.8 Å². The van der Waals surface area contributed by atoms with Gasteiger partial charge in [-0.2, -0.15) is 5.10 Å². The lowest BCUT2D eigenvalue weighted by molar-refractivity contribution is -0.123. The number of halogens is 1. The van der Waals surface area contributed by atoms with Crippen LogP contribution in [0.15, 0.2) is 24.4 Å². The van der Waals surface area contributed by atoms with E-state index in [0.29, 0.717) is 17.3 Å². The second kappa shape index (κ2) is 6.43. The van der Waals surface area contributed by atoms with Crippen LogP contribution in [0.3, 0.4) is 0 Å². The summed E-state index contributed by atoms with van der Waals surface area (Å²) in [5, 5.41) is 10.2. The molecule has 0 unspecified atom stereocenters. The zero-order chi connectivity index (χ0) is 14.5. The molecular formula is C14H16ClN3O2. The predicted octanol–water partition coefficient (Wildman–Crippen LogP) is 2.38. The summed E-state index contributed by atoms with van der Waals surface area (Å²) < 4.78 is 5.41. The van der Waals surface area contributed by atoms with Gasteiger partial charge in [0.1, 0.15) is 5.75 Å². The van der Waals surface area contributed by atoms with Crippen molar-refractivity contribution in [2.24, 2.45) is 0 Å². The van der Waals surface area contributed by atoms with Crippen molar-refractivity contribution in [3.63, 3.8) is 0 Å². The molecule has 0 aliphatic carbocycles. The maximum Gasteiger partial charge on any atom is 0.258 e. The van der Waals surface area contributed by atoms with Crippen molar-refractivity contribution in [2.75, 3.05) is 6.61 Å². The van der Waals surface area contributed by atoms with E-state index in [9.17, 15) is 4.79 Å². The van der Waals surface area contributed by atoms with Crippen LogP contribution in [-0.4, -0.2) is 22.7 Å². The maximum atomic E-state index is 11.7. The molecule has 0 fully saturated rings. The molecular weight excluding hydrogens is 278 g/mol. The summed E-state index contributed by atoms with van der Waals surface area (Å²) in [6.07, 6.45) is 1.69. The largest absolute Gasteiger partial charge is 0.484 e. The number of carbonyl (C=O) groups is 1. The molecule has 0 saturated heterocycles. The topological polar surface area (TPSA) is 67.0 Å². The highest BCUT2D eigenvalue weighted by atomic mass is 35.5. The van der Waals surface area contributed by atoms with Crippen LogP contribution in [0.2, 0.25) is 5.02 Å². The summed E-state index contributed by atoms with van der Waals surface area (Å²) in [6, 6.07) is 5.29. The van der Waals surface area contributed by atoms with Crippen LogP contribution in [0, 0.1) is 13.8 Å². The number of rotatable bonds is 5. The van der Waals surface area contributed by atoms with E-state index in [0.717, 1.165) is 16.8 Å². The van der Waals surface area contributed by atoms with E-state index >= 15 is 0 Å². The maximum absolute atomic E-state index is 11.7. The van der Waals surface area contributed by atoms with Crippen LogP contribution >= 0.6 is 11.6 Å². The first-order valence-electron chi connectivity index (χ1n) is 6.21. The first kappa shape index (κ1) is 14.4. The molecule has 0 spiro atoms. The van der Waals surface area contributed by atoms with Gasteiger partial charge < -0.3 is 10.1 Å². The molecule has 2 N–H and O–H groups in total. The normalized spacial score (nSPS) is 10.3. The third-order valence-electron chi connectivity index (χ3n) is 2.91. The Balaban J connectivity index is 1.80. The van der Waals surface area contributed by atoms with E-state index in [-0.39, 0.29) is 12.5 Å². The number of nitrogens with one attached hydrogen (secondary N) is 2. The lowest BCUT2D eigenvalue weighted by Crippen LogP contribution is -2.28. The van der Waals surface area contributed by atoms with Crippen molar-refractivity contribution in [2.45, 2.75) is 20.4 Å². The van der Waals surface area contributed by atoms with Crippen LogP contribution in [0.4, 0.5) is 0 Å². The molecule has 0 bridgehead atoms. The third kappa shape index (κ3) is 3.74. The zero-order valence-electron chi connectivity index (χ0n) is 11.4. The SMILES string of the molecule is Cc1cc(OCC(=O)NCc2cn[nH]c2C)ccc1Cl. The summed E-state index contributed by atoms with van der Waals surface area (Å²) in [6.45, 7) is 4.20. The van der Waals surface area contributed by atoms with Gasteiger partial charge in [0.25, 0.3) is 5.91 Å². The number of aromatic nitrogens is 2. The van der Waals surface area contributed by atoms with Gasteiger partial charge >= 0.3 is 0 Å². The van der Waals surface area contributed by atoms with Gasteiger partial charge in [-0.15, -0.1) is 0 Å². The molecule has 1 heterocycles. The van der Waals surface area contributed by atoms with Crippen molar-refractivity contribution in [3.05, 3.63) is 46.2 Å². The molecule has 1 amide bonds. The number of H-pyrrole nitrogens is 1. The monoisotopic (exact) mass is 293 g/mol. The summed E-state index contributed by atoms with van der Waals surface area (Å²) in [5.41, 5.74) is 2.82. The van der Waals surface area contributed by atoms with E-state index in [1.54, 1.807) is 24.4 Å². The molecule has 106 valence electrons. The molecule has 2 rings (SSSR count). The summed E-state index contributed by atoms with van der Waals surface area (Å²) in [7, 11) is 0. The number of ether oxygens (including phenoxy) is 1. The Labute approximate surface area is 122 Å². The van der Waals surface area contributed by atoms with E-state index in [2.05, 4.69) is 15.5 Å². The predicted molar refractivity (Wildman–Crippen MR) is 76.9 cm³/mol. The quantitative estimate of drug-likeness (QED) is 0.889. The van der Waals surface area contributed by atoms with Gasteiger partial charge in [-0.3, -0.25) is 9.89 Å². The lowest BCUT2D eigenvalue weighted by atomic mass is 10.2. The third-order valence-corrected chi connectivity index (χ3v) is 3.33. The molecule has 0 aliphatic heterocycles. The smallest absolute Gasteiger partial charge is 0.258 e. The standard InChI is InChI=1S/C14H16ClN3O2/c1-9-5-12(3-4-13(9)15)20-8-14(19)16-6-11-7-17-18-10(11)2/h3-5,7H,6,8H2,1-2H3,(H,16,19)(H,17,18). The molecule has 0 atom stereocenters. The summed E-state index contributed by atoms with van der Waals surface area (Å²) >= 11 is 5.92. The van der Waals surface area contributed by atoms with Crippen molar-refractivity contribution in [3.8, 4) is 5.75 Å². The number of carbonyl (C=O) groups excluding carboxylic acids is 1. The minimum Gasteiger partial charge on any atom is -0.484 e. The number of benzene rings is 1. The Hall–Kier alpha value is -2.01. The van der Waals surface area contributed by atoms with Crippen LogP contribution in [0.1, 0.15) is 16.8 Å². The highest BCUT2D eigenvalue weighted by molar-refractivity contribution is 6.31. The Morgan fingerprint density at radius 1 is 1.45 bits per heavy atom. The first-order valence-corrected chi connectivity index (χ1v) is 6.58. The highest BCUT2D eigenvalue weighted by Gasteiger charge is 2.06. The van der Waals surface area contributed by atoms with Crippen LogP contribution in [-0.2, 0) is 11.3 Å². The number of amides is 1. The van der Waals surface area contributed by atoms with Crippen LogP contribution in [0.5, 0.6) is 5.75 Å². The van der Waals surface area contributed by atoms with E-state index < -0.39 is 0 Å². The fourth-order valence-electron chi connectivity index (χ4n) is 1.65. The average Bonchev–Trinajstić information content (AvgIpc) is 2.83.